The molecule has 0 bridgehead atoms. The molecule has 0 aliphatic carbocycles. The van der Waals surface area contributed by atoms with Crippen molar-refractivity contribution >= 4 is 5.82 Å². The summed E-state index contributed by atoms with van der Waals surface area (Å²) in [6.45, 7) is 5.65. The van der Waals surface area contributed by atoms with E-state index in [4.69, 9.17) is 0 Å². The summed E-state index contributed by atoms with van der Waals surface area (Å²) in [4.78, 5) is 11.0. The van der Waals surface area contributed by atoms with E-state index in [9.17, 15) is 0 Å². The third-order valence-corrected chi connectivity index (χ3v) is 3.64. The highest BCUT2D eigenvalue weighted by molar-refractivity contribution is 5.34. The Bertz CT molecular complexity index is 359. The van der Waals surface area contributed by atoms with Crippen LogP contribution in [-0.4, -0.2) is 41.5 Å². The summed E-state index contributed by atoms with van der Waals surface area (Å²) < 4.78 is 0. The van der Waals surface area contributed by atoms with Gasteiger partial charge in [-0.05, 0) is 45.3 Å². The molecule has 4 nitrogen and oxygen atoms in total. The van der Waals surface area contributed by atoms with Gasteiger partial charge >= 0.3 is 0 Å². The third kappa shape index (κ3) is 3.95. The van der Waals surface area contributed by atoms with Gasteiger partial charge in [-0.2, -0.15) is 0 Å². The second-order valence-electron chi connectivity index (χ2n) is 5.27. The maximum atomic E-state index is 4.29. The highest BCUT2D eigenvalue weighted by Crippen LogP contribution is 2.16. The molecule has 0 unspecified atom stereocenters. The fourth-order valence-corrected chi connectivity index (χ4v) is 2.40. The van der Waals surface area contributed by atoms with Crippen LogP contribution >= 0.6 is 0 Å². The maximum absolute atomic E-state index is 4.29. The van der Waals surface area contributed by atoms with Gasteiger partial charge < -0.3 is 10.2 Å². The summed E-state index contributed by atoms with van der Waals surface area (Å²) in [5, 5.41) is 3.46. The van der Waals surface area contributed by atoms with Crippen molar-refractivity contribution in [1.82, 2.24) is 14.9 Å². The minimum atomic E-state index is 0.783. The second kappa shape index (κ2) is 6.69. The molecule has 0 atom stereocenters. The fourth-order valence-electron chi connectivity index (χ4n) is 2.40. The van der Waals surface area contributed by atoms with Crippen LogP contribution in [-0.2, 0) is 6.42 Å². The lowest BCUT2D eigenvalue weighted by atomic mass is 9.97. The van der Waals surface area contributed by atoms with E-state index < -0.39 is 0 Å². The van der Waals surface area contributed by atoms with Crippen LogP contribution in [0.25, 0.3) is 0 Å². The lowest BCUT2D eigenvalue weighted by molar-refractivity contribution is 0.226. The van der Waals surface area contributed by atoms with Gasteiger partial charge in [0.25, 0.3) is 0 Å². The molecule has 1 aliphatic heterocycles. The molecular weight excluding hydrogens is 224 g/mol. The standard InChI is InChI=1S/C14H24N4/c1-3-4-13-9-14(17-11-16-13)15-10-12-5-7-18(2)8-6-12/h9,11-12H,3-8,10H2,1-2H3,(H,15,16,17). The molecule has 0 amide bonds. The van der Waals surface area contributed by atoms with Crippen LogP contribution in [0.4, 0.5) is 5.82 Å². The Morgan fingerprint density at radius 1 is 1.33 bits per heavy atom. The van der Waals surface area contributed by atoms with Crippen molar-refractivity contribution in [3.8, 4) is 0 Å². The highest BCUT2D eigenvalue weighted by atomic mass is 15.1. The van der Waals surface area contributed by atoms with Gasteiger partial charge in [0.2, 0.25) is 0 Å². The van der Waals surface area contributed by atoms with Crippen LogP contribution in [0.1, 0.15) is 31.9 Å². The minimum Gasteiger partial charge on any atom is -0.370 e. The van der Waals surface area contributed by atoms with Crippen molar-refractivity contribution in [3.05, 3.63) is 18.1 Å². The first kappa shape index (κ1) is 13.3. The molecule has 1 aromatic heterocycles. The lowest BCUT2D eigenvalue weighted by Gasteiger charge is -2.29. The molecule has 1 aromatic rings. The molecule has 1 saturated heterocycles. The molecular formula is C14H24N4. The van der Waals surface area contributed by atoms with Crippen LogP contribution < -0.4 is 5.32 Å². The Labute approximate surface area is 110 Å². The molecule has 4 heteroatoms. The average Bonchev–Trinajstić information content (AvgIpc) is 2.39. The van der Waals surface area contributed by atoms with Crippen molar-refractivity contribution in [2.24, 2.45) is 5.92 Å². The van der Waals surface area contributed by atoms with E-state index in [0.29, 0.717) is 0 Å². The fraction of sp³-hybridized carbons (Fsp3) is 0.714. The van der Waals surface area contributed by atoms with E-state index in [1.165, 1.54) is 25.9 Å². The summed E-state index contributed by atoms with van der Waals surface area (Å²) in [7, 11) is 2.20. The van der Waals surface area contributed by atoms with E-state index in [1.54, 1.807) is 6.33 Å². The molecule has 1 fully saturated rings. The molecule has 0 spiro atoms. The first-order valence-corrected chi connectivity index (χ1v) is 7.01. The smallest absolute Gasteiger partial charge is 0.129 e. The zero-order valence-electron chi connectivity index (χ0n) is 11.5. The molecule has 0 saturated carbocycles. The molecule has 1 aliphatic rings. The number of hydrogen-bond acceptors (Lipinski definition) is 4. The summed E-state index contributed by atoms with van der Waals surface area (Å²) in [6, 6.07) is 2.08. The van der Waals surface area contributed by atoms with Crippen LogP contribution in [0.15, 0.2) is 12.4 Å². The molecule has 0 aromatic carbocycles. The number of rotatable bonds is 5. The van der Waals surface area contributed by atoms with E-state index in [0.717, 1.165) is 36.8 Å². The number of anilines is 1. The average molecular weight is 248 g/mol. The van der Waals surface area contributed by atoms with Gasteiger partial charge in [0.05, 0.1) is 0 Å². The summed E-state index contributed by atoms with van der Waals surface area (Å²) in [5.41, 5.74) is 1.14. The third-order valence-electron chi connectivity index (χ3n) is 3.64. The van der Waals surface area contributed by atoms with Gasteiger partial charge in [0.1, 0.15) is 12.1 Å². The number of piperidine rings is 1. The Hall–Kier alpha value is -1.16. The van der Waals surface area contributed by atoms with Crippen LogP contribution in [0.3, 0.4) is 0 Å². The van der Waals surface area contributed by atoms with Crippen molar-refractivity contribution in [2.75, 3.05) is 32.0 Å². The Balaban J connectivity index is 1.80. The monoisotopic (exact) mass is 248 g/mol. The minimum absolute atomic E-state index is 0.783. The van der Waals surface area contributed by atoms with Gasteiger partial charge in [-0.3, -0.25) is 0 Å². The predicted octanol–water partition coefficient (Wildman–Crippen LogP) is 2.18. The number of aromatic nitrogens is 2. The van der Waals surface area contributed by atoms with Crippen LogP contribution in [0.5, 0.6) is 0 Å². The lowest BCUT2D eigenvalue weighted by Crippen LogP contribution is -2.33. The number of aryl methyl sites for hydroxylation is 1. The largest absolute Gasteiger partial charge is 0.370 e. The number of nitrogens with one attached hydrogen (secondary N) is 1. The van der Waals surface area contributed by atoms with E-state index in [1.807, 2.05) is 0 Å². The highest BCUT2D eigenvalue weighted by Gasteiger charge is 2.16. The SMILES string of the molecule is CCCc1cc(NCC2CCN(C)CC2)ncn1. The number of nitrogens with zero attached hydrogens (tertiary/aromatic N) is 3. The molecule has 2 heterocycles. The van der Waals surface area contributed by atoms with Crippen molar-refractivity contribution < 1.29 is 0 Å². The maximum Gasteiger partial charge on any atom is 0.129 e. The summed E-state index contributed by atoms with van der Waals surface area (Å²) in [5.74, 6) is 1.76. The first-order chi connectivity index (χ1) is 8.78. The van der Waals surface area contributed by atoms with Crippen molar-refractivity contribution in [3.63, 3.8) is 0 Å². The van der Waals surface area contributed by atoms with Crippen molar-refractivity contribution in [2.45, 2.75) is 32.6 Å². The Kier molecular flexibility index (Phi) is 4.93. The predicted molar refractivity (Wildman–Crippen MR) is 74.7 cm³/mol. The van der Waals surface area contributed by atoms with E-state index in [-0.39, 0.29) is 0 Å². The second-order valence-corrected chi connectivity index (χ2v) is 5.27. The van der Waals surface area contributed by atoms with Crippen LogP contribution in [0.2, 0.25) is 0 Å². The number of hydrogen-bond donors (Lipinski definition) is 1. The van der Waals surface area contributed by atoms with Gasteiger partial charge in [-0.1, -0.05) is 13.3 Å². The zero-order chi connectivity index (χ0) is 12.8. The zero-order valence-corrected chi connectivity index (χ0v) is 11.5. The van der Waals surface area contributed by atoms with Crippen molar-refractivity contribution in [1.29, 1.82) is 0 Å². The molecule has 1 N–H and O–H groups in total. The van der Waals surface area contributed by atoms with Crippen LogP contribution in [0, 0.1) is 5.92 Å². The van der Waals surface area contributed by atoms with E-state index in [2.05, 4.69) is 40.2 Å². The molecule has 18 heavy (non-hydrogen) atoms. The quantitative estimate of drug-likeness (QED) is 0.867. The molecule has 100 valence electrons. The molecule has 2 rings (SSSR count). The van der Waals surface area contributed by atoms with Gasteiger partial charge in [-0.25, -0.2) is 9.97 Å². The summed E-state index contributed by atoms with van der Waals surface area (Å²) >= 11 is 0. The number of likely N-dealkylation sites (tertiary alicyclic amines) is 1. The van der Waals surface area contributed by atoms with Gasteiger partial charge in [0, 0.05) is 18.3 Å². The van der Waals surface area contributed by atoms with E-state index >= 15 is 0 Å². The molecule has 0 radical (unpaired) electrons. The first-order valence-electron chi connectivity index (χ1n) is 7.01. The topological polar surface area (TPSA) is 41.0 Å². The summed E-state index contributed by atoms with van der Waals surface area (Å²) in [6.07, 6.45) is 6.41. The Morgan fingerprint density at radius 3 is 2.83 bits per heavy atom. The van der Waals surface area contributed by atoms with Gasteiger partial charge in [0.15, 0.2) is 0 Å². The van der Waals surface area contributed by atoms with Gasteiger partial charge in [-0.15, -0.1) is 0 Å². The Morgan fingerprint density at radius 2 is 2.11 bits per heavy atom. The normalized spacial score (nSPS) is 17.9.